The van der Waals surface area contributed by atoms with Gasteiger partial charge in [-0.15, -0.1) is 0 Å². The lowest BCUT2D eigenvalue weighted by atomic mass is 9.97. The number of aryl methyl sites for hydroxylation is 2. The summed E-state index contributed by atoms with van der Waals surface area (Å²) in [6, 6.07) is 15.6. The van der Waals surface area contributed by atoms with E-state index < -0.39 is 10.0 Å². The molecule has 1 atom stereocenters. The van der Waals surface area contributed by atoms with Crippen LogP contribution in [-0.2, 0) is 22.9 Å². The van der Waals surface area contributed by atoms with Gasteiger partial charge in [0.25, 0.3) is 0 Å². The van der Waals surface area contributed by atoms with Gasteiger partial charge in [-0.05, 0) is 60.4 Å². The molecule has 2 aromatic carbocycles. The van der Waals surface area contributed by atoms with Gasteiger partial charge in [0.15, 0.2) is 0 Å². The number of sulfonamides is 1. The number of hydrogen-bond acceptors (Lipinski definition) is 2. The molecule has 1 N–H and O–H groups in total. The van der Waals surface area contributed by atoms with Gasteiger partial charge in [0, 0.05) is 6.54 Å². The number of nitrogens with one attached hydrogen (secondary N) is 1. The summed E-state index contributed by atoms with van der Waals surface area (Å²) >= 11 is 0. The van der Waals surface area contributed by atoms with Gasteiger partial charge in [0.1, 0.15) is 0 Å². The van der Waals surface area contributed by atoms with E-state index in [9.17, 15) is 8.42 Å². The Morgan fingerprint density at radius 1 is 1.04 bits per heavy atom. The summed E-state index contributed by atoms with van der Waals surface area (Å²) in [4.78, 5) is 0.390. The molecular formula is C19H23NO2S. The topological polar surface area (TPSA) is 46.2 Å². The highest BCUT2D eigenvalue weighted by Gasteiger charge is 2.20. The van der Waals surface area contributed by atoms with Crippen LogP contribution in [0.1, 0.15) is 42.4 Å². The van der Waals surface area contributed by atoms with Crippen LogP contribution in [-0.4, -0.2) is 15.0 Å². The van der Waals surface area contributed by atoms with Gasteiger partial charge < -0.3 is 0 Å². The van der Waals surface area contributed by atoms with E-state index in [0.717, 1.165) is 25.7 Å². The Morgan fingerprint density at radius 3 is 2.52 bits per heavy atom. The normalized spacial score (nSPS) is 15.3. The third-order valence-corrected chi connectivity index (χ3v) is 6.09. The number of fused-ring (bicyclic) bond motifs is 1. The van der Waals surface area contributed by atoms with Crippen LogP contribution < -0.4 is 4.72 Å². The van der Waals surface area contributed by atoms with Gasteiger partial charge in [-0.1, -0.05) is 43.3 Å². The van der Waals surface area contributed by atoms with Crippen LogP contribution in [0.25, 0.3) is 0 Å². The predicted molar refractivity (Wildman–Crippen MR) is 93.1 cm³/mol. The van der Waals surface area contributed by atoms with Crippen molar-refractivity contribution in [3.63, 3.8) is 0 Å². The number of hydrogen-bond donors (Lipinski definition) is 1. The van der Waals surface area contributed by atoms with Crippen molar-refractivity contribution in [2.45, 2.75) is 43.4 Å². The highest BCUT2D eigenvalue weighted by atomic mass is 32.2. The van der Waals surface area contributed by atoms with E-state index in [1.54, 1.807) is 6.07 Å². The molecule has 1 aliphatic carbocycles. The summed E-state index contributed by atoms with van der Waals surface area (Å²) in [6.07, 6.45) is 4.07. The Balaban J connectivity index is 1.73. The maximum Gasteiger partial charge on any atom is 0.240 e. The molecule has 4 heteroatoms. The average molecular weight is 329 g/mol. The first-order chi connectivity index (χ1) is 11.1. The lowest BCUT2D eigenvalue weighted by molar-refractivity contribution is 0.566. The Hall–Kier alpha value is -1.65. The van der Waals surface area contributed by atoms with Crippen molar-refractivity contribution in [1.29, 1.82) is 0 Å². The zero-order chi connectivity index (χ0) is 16.3. The van der Waals surface area contributed by atoms with Crippen LogP contribution in [0.4, 0.5) is 0 Å². The third-order valence-electron chi connectivity index (χ3n) is 4.66. The van der Waals surface area contributed by atoms with Crippen LogP contribution in [0.3, 0.4) is 0 Å². The zero-order valence-corrected chi connectivity index (χ0v) is 14.3. The molecule has 23 heavy (non-hydrogen) atoms. The van der Waals surface area contributed by atoms with Crippen LogP contribution in [0.5, 0.6) is 0 Å². The van der Waals surface area contributed by atoms with E-state index in [1.165, 1.54) is 16.7 Å². The Morgan fingerprint density at radius 2 is 1.78 bits per heavy atom. The summed E-state index contributed by atoms with van der Waals surface area (Å²) in [7, 11) is -3.45. The van der Waals surface area contributed by atoms with E-state index in [1.807, 2.05) is 30.3 Å². The van der Waals surface area contributed by atoms with Gasteiger partial charge in [0.2, 0.25) is 10.0 Å². The Kier molecular flexibility index (Phi) is 4.83. The van der Waals surface area contributed by atoms with E-state index in [2.05, 4.69) is 23.8 Å². The van der Waals surface area contributed by atoms with Crippen molar-refractivity contribution in [3.8, 4) is 0 Å². The van der Waals surface area contributed by atoms with E-state index >= 15 is 0 Å². The molecule has 0 amide bonds. The van der Waals surface area contributed by atoms with Gasteiger partial charge in [-0.2, -0.15) is 0 Å². The first-order valence-electron chi connectivity index (χ1n) is 8.26. The van der Waals surface area contributed by atoms with Gasteiger partial charge in [-0.3, -0.25) is 0 Å². The lowest BCUT2D eigenvalue weighted by Crippen LogP contribution is -2.28. The summed E-state index contributed by atoms with van der Waals surface area (Å²) in [5.41, 5.74) is 3.65. The standard InChI is InChI=1S/C19H23NO2S/c1-2-15(16-7-4-3-5-8-16)14-20-23(21,22)19-12-11-17-9-6-10-18(17)13-19/h3-5,7-8,11-13,15,20H,2,6,9-10,14H2,1H3. The summed E-state index contributed by atoms with van der Waals surface area (Å²) in [5.74, 6) is 0.195. The molecule has 0 saturated carbocycles. The minimum absolute atomic E-state index is 0.195. The van der Waals surface area contributed by atoms with Crippen molar-refractivity contribution >= 4 is 10.0 Å². The molecule has 0 radical (unpaired) electrons. The van der Waals surface area contributed by atoms with Crippen LogP contribution in [0.2, 0.25) is 0 Å². The maximum absolute atomic E-state index is 12.6. The first kappa shape index (κ1) is 16.2. The molecule has 3 rings (SSSR count). The average Bonchev–Trinajstić information content (AvgIpc) is 3.04. The molecule has 0 saturated heterocycles. The van der Waals surface area contributed by atoms with Crippen LogP contribution >= 0.6 is 0 Å². The highest BCUT2D eigenvalue weighted by Crippen LogP contribution is 2.25. The predicted octanol–water partition coefficient (Wildman–Crippen LogP) is 3.65. The van der Waals surface area contributed by atoms with Crippen molar-refractivity contribution in [2.24, 2.45) is 0 Å². The summed E-state index contributed by atoms with van der Waals surface area (Å²) < 4.78 is 27.9. The van der Waals surface area contributed by atoms with Crippen molar-refractivity contribution in [3.05, 3.63) is 65.2 Å². The monoisotopic (exact) mass is 329 g/mol. The highest BCUT2D eigenvalue weighted by molar-refractivity contribution is 7.89. The second-order valence-electron chi connectivity index (χ2n) is 6.15. The quantitative estimate of drug-likeness (QED) is 0.879. The smallest absolute Gasteiger partial charge is 0.211 e. The molecule has 0 bridgehead atoms. The third kappa shape index (κ3) is 3.65. The fourth-order valence-corrected chi connectivity index (χ4v) is 4.36. The molecule has 2 aromatic rings. The largest absolute Gasteiger partial charge is 0.240 e. The summed E-state index contributed by atoms with van der Waals surface area (Å²) in [6.45, 7) is 2.52. The minimum Gasteiger partial charge on any atom is -0.211 e. The number of rotatable bonds is 6. The molecular weight excluding hydrogens is 306 g/mol. The molecule has 122 valence electrons. The molecule has 1 aliphatic rings. The number of benzene rings is 2. The molecule has 3 nitrogen and oxygen atoms in total. The Bertz CT molecular complexity index is 769. The fraction of sp³-hybridized carbons (Fsp3) is 0.368. The van der Waals surface area contributed by atoms with E-state index in [0.29, 0.717) is 11.4 Å². The summed E-state index contributed by atoms with van der Waals surface area (Å²) in [5, 5.41) is 0. The molecule has 0 heterocycles. The van der Waals surface area contributed by atoms with Gasteiger partial charge >= 0.3 is 0 Å². The fourth-order valence-electron chi connectivity index (χ4n) is 3.23. The van der Waals surface area contributed by atoms with Crippen molar-refractivity contribution in [1.82, 2.24) is 4.72 Å². The minimum atomic E-state index is -3.45. The second kappa shape index (κ2) is 6.85. The van der Waals surface area contributed by atoms with E-state index in [4.69, 9.17) is 0 Å². The zero-order valence-electron chi connectivity index (χ0n) is 13.5. The van der Waals surface area contributed by atoms with Crippen molar-refractivity contribution in [2.75, 3.05) is 6.54 Å². The SMILES string of the molecule is CCC(CNS(=O)(=O)c1ccc2c(c1)CCC2)c1ccccc1. The molecule has 0 aliphatic heterocycles. The van der Waals surface area contributed by atoms with Gasteiger partial charge in [0.05, 0.1) is 4.90 Å². The van der Waals surface area contributed by atoms with Crippen LogP contribution in [0.15, 0.2) is 53.4 Å². The second-order valence-corrected chi connectivity index (χ2v) is 7.92. The Labute approximate surface area is 138 Å². The van der Waals surface area contributed by atoms with E-state index in [-0.39, 0.29) is 5.92 Å². The molecule has 0 aromatic heterocycles. The van der Waals surface area contributed by atoms with Gasteiger partial charge in [-0.25, -0.2) is 13.1 Å². The van der Waals surface area contributed by atoms with Crippen LogP contribution in [0, 0.1) is 0 Å². The molecule has 1 unspecified atom stereocenters. The maximum atomic E-state index is 12.6. The molecule has 0 spiro atoms. The van der Waals surface area contributed by atoms with Crippen molar-refractivity contribution < 1.29 is 8.42 Å². The first-order valence-corrected chi connectivity index (χ1v) is 9.75. The lowest BCUT2D eigenvalue weighted by Gasteiger charge is -2.16. The molecule has 0 fully saturated rings.